The predicted octanol–water partition coefficient (Wildman–Crippen LogP) is 1.79. The van der Waals surface area contributed by atoms with Gasteiger partial charge in [-0.15, -0.1) is 0 Å². The summed E-state index contributed by atoms with van der Waals surface area (Å²) in [4.78, 5) is 17.4. The van der Waals surface area contributed by atoms with Crippen molar-refractivity contribution in [3.8, 4) is 0 Å². The van der Waals surface area contributed by atoms with Crippen molar-refractivity contribution < 1.29 is 4.79 Å². The standard InChI is InChI=1S/C12H21N5OS/c1-12(2,3)9-15-11(19-16-9)14-8-5-4-6-17(7-8)10(13)18/h8H,4-7H2,1-3H3,(H2,13,18)(H,14,15,16)/t8-/m1/s1. The number of carbonyl (C=O) groups is 1. The van der Waals surface area contributed by atoms with E-state index >= 15 is 0 Å². The molecule has 2 rings (SSSR count). The fourth-order valence-corrected chi connectivity index (χ4v) is 2.89. The van der Waals surface area contributed by atoms with Gasteiger partial charge in [-0.2, -0.15) is 4.37 Å². The fraction of sp³-hybridized carbons (Fsp3) is 0.750. The molecule has 1 saturated heterocycles. The molecular formula is C12H21N5OS. The summed E-state index contributed by atoms with van der Waals surface area (Å²) in [6, 6.07) is -0.138. The first-order valence-corrected chi connectivity index (χ1v) is 7.28. The average Bonchev–Trinajstić information content (AvgIpc) is 2.77. The minimum atomic E-state index is -0.348. The zero-order valence-corrected chi connectivity index (χ0v) is 12.5. The van der Waals surface area contributed by atoms with Gasteiger partial charge in [0.05, 0.1) is 0 Å². The molecule has 0 spiro atoms. The molecule has 0 unspecified atom stereocenters. The summed E-state index contributed by atoms with van der Waals surface area (Å²) in [6.07, 6.45) is 1.99. The number of hydrogen-bond donors (Lipinski definition) is 2. The van der Waals surface area contributed by atoms with Crippen molar-refractivity contribution >= 4 is 22.7 Å². The highest BCUT2D eigenvalue weighted by molar-refractivity contribution is 7.09. The van der Waals surface area contributed by atoms with Crippen LogP contribution in [0.1, 0.15) is 39.4 Å². The zero-order chi connectivity index (χ0) is 14.0. The Bertz CT molecular complexity index is 453. The van der Waals surface area contributed by atoms with Crippen LogP contribution in [0.2, 0.25) is 0 Å². The predicted molar refractivity (Wildman–Crippen MR) is 76.4 cm³/mol. The Morgan fingerprint density at radius 1 is 1.53 bits per heavy atom. The SMILES string of the molecule is CC(C)(C)c1nsc(N[C@@H]2CCCN(C(N)=O)C2)n1. The molecule has 1 fully saturated rings. The molecule has 106 valence electrons. The quantitative estimate of drug-likeness (QED) is 0.866. The van der Waals surface area contributed by atoms with E-state index in [1.54, 1.807) is 4.90 Å². The molecule has 7 heteroatoms. The molecule has 1 aromatic rings. The van der Waals surface area contributed by atoms with E-state index in [0.29, 0.717) is 6.54 Å². The van der Waals surface area contributed by atoms with Gasteiger partial charge in [-0.25, -0.2) is 9.78 Å². The molecule has 2 amide bonds. The van der Waals surface area contributed by atoms with Gasteiger partial charge in [0, 0.05) is 36.1 Å². The maximum absolute atomic E-state index is 11.2. The number of amides is 2. The number of nitrogens with two attached hydrogens (primary N) is 1. The van der Waals surface area contributed by atoms with Crippen LogP contribution in [0.15, 0.2) is 0 Å². The Balaban J connectivity index is 1.97. The Morgan fingerprint density at radius 2 is 2.26 bits per heavy atom. The lowest BCUT2D eigenvalue weighted by Crippen LogP contribution is -2.47. The van der Waals surface area contributed by atoms with E-state index in [9.17, 15) is 4.79 Å². The minimum Gasteiger partial charge on any atom is -0.356 e. The number of nitrogens with one attached hydrogen (secondary N) is 1. The number of hydrogen-bond acceptors (Lipinski definition) is 5. The molecular weight excluding hydrogens is 262 g/mol. The van der Waals surface area contributed by atoms with Crippen molar-refractivity contribution in [3.05, 3.63) is 5.82 Å². The minimum absolute atomic E-state index is 0.0394. The monoisotopic (exact) mass is 283 g/mol. The second-order valence-corrected chi connectivity index (χ2v) is 6.69. The van der Waals surface area contributed by atoms with Crippen LogP contribution in [0.5, 0.6) is 0 Å². The van der Waals surface area contributed by atoms with Crippen molar-refractivity contribution in [1.29, 1.82) is 0 Å². The third kappa shape index (κ3) is 3.56. The van der Waals surface area contributed by atoms with E-state index in [4.69, 9.17) is 5.73 Å². The van der Waals surface area contributed by atoms with Crippen molar-refractivity contribution in [3.63, 3.8) is 0 Å². The number of anilines is 1. The number of aromatic nitrogens is 2. The largest absolute Gasteiger partial charge is 0.356 e. The smallest absolute Gasteiger partial charge is 0.314 e. The summed E-state index contributed by atoms with van der Waals surface area (Å²) in [5, 5.41) is 4.17. The molecule has 1 aliphatic heterocycles. The third-order valence-electron chi connectivity index (χ3n) is 3.16. The lowest BCUT2D eigenvalue weighted by Gasteiger charge is -2.31. The lowest BCUT2D eigenvalue weighted by molar-refractivity contribution is 0.192. The molecule has 0 aliphatic carbocycles. The molecule has 19 heavy (non-hydrogen) atoms. The van der Waals surface area contributed by atoms with Crippen LogP contribution in [0.3, 0.4) is 0 Å². The molecule has 0 aromatic carbocycles. The number of piperidine rings is 1. The highest BCUT2D eigenvalue weighted by Gasteiger charge is 2.24. The topological polar surface area (TPSA) is 84.1 Å². The van der Waals surface area contributed by atoms with E-state index in [1.807, 2.05) is 0 Å². The van der Waals surface area contributed by atoms with Crippen molar-refractivity contribution in [2.45, 2.75) is 45.1 Å². The molecule has 3 N–H and O–H groups in total. The van der Waals surface area contributed by atoms with Crippen molar-refractivity contribution in [2.24, 2.45) is 5.73 Å². The van der Waals surface area contributed by atoms with Gasteiger partial charge in [-0.3, -0.25) is 0 Å². The number of carbonyl (C=O) groups excluding carboxylic acids is 1. The first-order valence-electron chi connectivity index (χ1n) is 6.51. The van der Waals surface area contributed by atoms with E-state index in [2.05, 4.69) is 35.4 Å². The zero-order valence-electron chi connectivity index (χ0n) is 11.6. The summed E-state index contributed by atoms with van der Waals surface area (Å²) in [6.45, 7) is 7.66. The normalized spacial score (nSPS) is 20.4. The van der Waals surface area contributed by atoms with Gasteiger partial charge in [0.25, 0.3) is 0 Å². The number of nitrogens with zero attached hydrogens (tertiary/aromatic N) is 3. The Hall–Kier alpha value is -1.37. The van der Waals surface area contributed by atoms with Crippen LogP contribution < -0.4 is 11.1 Å². The second-order valence-electron chi connectivity index (χ2n) is 5.94. The Morgan fingerprint density at radius 3 is 2.84 bits per heavy atom. The van der Waals surface area contributed by atoms with E-state index in [0.717, 1.165) is 30.3 Å². The van der Waals surface area contributed by atoms with Gasteiger partial charge in [0.15, 0.2) is 0 Å². The highest BCUT2D eigenvalue weighted by atomic mass is 32.1. The van der Waals surface area contributed by atoms with Crippen LogP contribution in [0, 0.1) is 0 Å². The van der Waals surface area contributed by atoms with Gasteiger partial charge in [-0.05, 0) is 12.8 Å². The van der Waals surface area contributed by atoms with Crippen LogP contribution in [-0.2, 0) is 5.41 Å². The summed E-state index contributed by atoms with van der Waals surface area (Å²) in [5.74, 6) is 0.850. The maximum atomic E-state index is 11.2. The van der Waals surface area contributed by atoms with E-state index < -0.39 is 0 Å². The van der Waals surface area contributed by atoms with Crippen LogP contribution in [-0.4, -0.2) is 39.4 Å². The first kappa shape index (κ1) is 14.0. The Labute approximate surface area is 117 Å². The second kappa shape index (κ2) is 5.32. The fourth-order valence-electron chi connectivity index (χ4n) is 2.06. The summed E-state index contributed by atoms with van der Waals surface area (Å²) >= 11 is 1.37. The van der Waals surface area contributed by atoms with Gasteiger partial charge < -0.3 is 16.0 Å². The van der Waals surface area contributed by atoms with Crippen molar-refractivity contribution in [2.75, 3.05) is 18.4 Å². The molecule has 2 heterocycles. The molecule has 1 atom stereocenters. The summed E-state index contributed by atoms with van der Waals surface area (Å²) in [7, 11) is 0. The summed E-state index contributed by atoms with van der Waals surface area (Å²) in [5.41, 5.74) is 5.28. The molecule has 1 aliphatic rings. The van der Waals surface area contributed by atoms with Gasteiger partial charge in [-0.1, -0.05) is 20.8 Å². The highest BCUT2D eigenvalue weighted by Crippen LogP contribution is 2.24. The molecule has 6 nitrogen and oxygen atoms in total. The first-order chi connectivity index (χ1) is 8.86. The molecule has 0 radical (unpaired) electrons. The lowest BCUT2D eigenvalue weighted by atomic mass is 9.96. The van der Waals surface area contributed by atoms with Gasteiger partial charge >= 0.3 is 6.03 Å². The Kier molecular flexibility index (Phi) is 3.93. The van der Waals surface area contributed by atoms with Crippen LogP contribution >= 0.6 is 11.5 Å². The maximum Gasteiger partial charge on any atom is 0.314 e. The number of likely N-dealkylation sites (tertiary alicyclic amines) is 1. The van der Waals surface area contributed by atoms with Crippen molar-refractivity contribution in [1.82, 2.24) is 14.3 Å². The third-order valence-corrected chi connectivity index (χ3v) is 3.80. The molecule has 0 bridgehead atoms. The van der Waals surface area contributed by atoms with Crippen LogP contribution in [0.25, 0.3) is 0 Å². The van der Waals surface area contributed by atoms with Gasteiger partial charge in [0.1, 0.15) is 5.82 Å². The number of rotatable bonds is 2. The average molecular weight is 283 g/mol. The van der Waals surface area contributed by atoms with Crippen LogP contribution in [0.4, 0.5) is 9.93 Å². The molecule has 0 saturated carbocycles. The van der Waals surface area contributed by atoms with E-state index in [1.165, 1.54) is 11.5 Å². The molecule has 1 aromatic heterocycles. The van der Waals surface area contributed by atoms with Gasteiger partial charge in [0.2, 0.25) is 5.13 Å². The number of urea groups is 1. The number of primary amides is 1. The summed E-state index contributed by atoms with van der Waals surface area (Å²) < 4.78 is 4.37. The van der Waals surface area contributed by atoms with E-state index in [-0.39, 0.29) is 17.5 Å².